The van der Waals surface area contributed by atoms with Gasteiger partial charge >= 0.3 is 0 Å². The van der Waals surface area contributed by atoms with Gasteiger partial charge in [0.1, 0.15) is 5.65 Å². The molecule has 0 aliphatic carbocycles. The fourth-order valence-corrected chi connectivity index (χ4v) is 3.78. The second-order valence-corrected chi connectivity index (χ2v) is 8.20. The number of imidazole rings is 1. The Labute approximate surface area is 178 Å². The molecule has 2 heterocycles. The summed E-state index contributed by atoms with van der Waals surface area (Å²) in [6.45, 7) is 6.24. The van der Waals surface area contributed by atoms with Crippen LogP contribution in [0, 0.1) is 20.8 Å². The molecule has 0 unspecified atom stereocenters. The number of para-hydroxylation sites is 1. The molecule has 0 bridgehead atoms. The molecule has 146 valence electrons. The zero-order valence-electron chi connectivity index (χ0n) is 16.7. The van der Waals surface area contributed by atoms with Crippen molar-refractivity contribution in [1.29, 1.82) is 0 Å². The van der Waals surface area contributed by atoms with Gasteiger partial charge in [-0.3, -0.25) is 4.79 Å². The van der Waals surface area contributed by atoms with Crippen LogP contribution in [0.1, 0.15) is 22.4 Å². The van der Waals surface area contributed by atoms with E-state index in [1.54, 1.807) is 0 Å². The number of nitrogens with one attached hydrogen (secondary N) is 1. The quantitative estimate of drug-likeness (QED) is 0.425. The molecule has 0 atom stereocenters. The van der Waals surface area contributed by atoms with Gasteiger partial charge in [-0.2, -0.15) is 0 Å². The minimum absolute atomic E-state index is 0.0793. The van der Waals surface area contributed by atoms with Gasteiger partial charge in [0, 0.05) is 16.2 Å². The number of hydrogen-bond acceptors (Lipinski definition) is 2. The number of carbonyl (C=O) groups is 1. The molecule has 2 aromatic heterocycles. The maximum Gasteiger partial charge on any atom is 0.230 e. The molecule has 1 N–H and O–H groups in total. The van der Waals surface area contributed by atoms with Crippen molar-refractivity contribution < 1.29 is 4.79 Å². The summed E-state index contributed by atoms with van der Waals surface area (Å²) in [5, 5.41) is 3.00. The third-order valence-corrected chi connectivity index (χ3v) is 5.83. The van der Waals surface area contributed by atoms with Gasteiger partial charge in [-0.05, 0) is 83.7 Å². The van der Waals surface area contributed by atoms with E-state index in [-0.39, 0.29) is 12.3 Å². The molecule has 0 radical (unpaired) electrons. The van der Waals surface area contributed by atoms with E-state index in [0.29, 0.717) is 0 Å². The van der Waals surface area contributed by atoms with Crippen molar-refractivity contribution in [3.8, 4) is 11.3 Å². The van der Waals surface area contributed by atoms with Gasteiger partial charge in [-0.1, -0.05) is 24.3 Å². The van der Waals surface area contributed by atoms with E-state index < -0.39 is 0 Å². The van der Waals surface area contributed by atoms with Crippen molar-refractivity contribution in [3.05, 3.63) is 87.7 Å². The molecule has 4 nitrogen and oxygen atoms in total. The molecule has 0 aliphatic heterocycles. The number of carbonyl (C=O) groups excluding carboxylic acids is 1. The summed E-state index contributed by atoms with van der Waals surface area (Å²) < 4.78 is 2.87. The number of anilines is 1. The van der Waals surface area contributed by atoms with Gasteiger partial charge in [0.25, 0.3) is 0 Å². The van der Waals surface area contributed by atoms with Crippen molar-refractivity contribution in [2.24, 2.45) is 0 Å². The summed E-state index contributed by atoms with van der Waals surface area (Å²) in [6, 6.07) is 18.0. The van der Waals surface area contributed by atoms with E-state index in [4.69, 9.17) is 4.98 Å². The van der Waals surface area contributed by atoms with Gasteiger partial charge in [-0.15, -0.1) is 0 Å². The highest BCUT2D eigenvalue weighted by Crippen LogP contribution is 2.28. The fraction of sp³-hybridized carbons (Fsp3) is 0.167. The lowest BCUT2D eigenvalue weighted by Gasteiger charge is -2.09. The Morgan fingerprint density at radius 3 is 2.59 bits per heavy atom. The molecule has 5 heteroatoms. The Balaban J connectivity index is 1.76. The maximum atomic E-state index is 12.9. The highest BCUT2D eigenvalue weighted by molar-refractivity contribution is 9.10. The Morgan fingerprint density at radius 1 is 1.03 bits per heavy atom. The number of aryl methyl sites for hydroxylation is 3. The van der Waals surface area contributed by atoms with Crippen LogP contribution in [0.2, 0.25) is 0 Å². The molecule has 29 heavy (non-hydrogen) atoms. The van der Waals surface area contributed by atoms with Crippen LogP contribution in [0.4, 0.5) is 5.69 Å². The van der Waals surface area contributed by atoms with E-state index in [0.717, 1.165) is 38.3 Å². The van der Waals surface area contributed by atoms with Crippen molar-refractivity contribution in [1.82, 2.24) is 9.38 Å². The monoisotopic (exact) mass is 447 g/mol. The molecular weight excluding hydrogens is 426 g/mol. The zero-order valence-corrected chi connectivity index (χ0v) is 18.2. The number of aromatic nitrogens is 2. The molecule has 0 saturated heterocycles. The Hall–Kier alpha value is -2.92. The molecule has 2 aromatic carbocycles. The molecule has 0 aliphatic rings. The van der Waals surface area contributed by atoms with E-state index >= 15 is 0 Å². The summed E-state index contributed by atoms with van der Waals surface area (Å²) in [5.41, 5.74) is 7.95. The average molecular weight is 448 g/mol. The number of hydrogen-bond donors (Lipinski definition) is 1. The number of nitrogens with zero attached hydrogens (tertiary/aromatic N) is 2. The summed E-state index contributed by atoms with van der Waals surface area (Å²) in [4.78, 5) is 17.7. The summed E-state index contributed by atoms with van der Waals surface area (Å²) in [7, 11) is 0. The Kier molecular flexibility index (Phi) is 5.24. The van der Waals surface area contributed by atoms with Crippen LogP contribution >= 0.6 is 15.9 Å². The first-order valence-electron chi connectivity index (χ1n) is 9.52. The maximum absolute atomic E-state index is 12.9. The van der Waals surface area contributed by atoms with Crippen molar-refractivity contribution in [3.63, 3.8) is 0 Å². The molecule has 0 saturated carbocycles. The largest absolute Gasteiger partial charge is 0.325 e. The lowest BCUT2D eigenvalue weighted by molar-refractivity contribution is -0.115. The number of benzene rings is 2. The number of rotatable bonds is 4. The summed E-state index contributed by atoms with van der Waals surface area (Å²) >= 11 is 3.48. The van der Waals surface area contributed by atoms with Crippen LogP contribution in [0.15, 0.2) is 65.3 Å². The molecule has 4 rings (SSSR count). The first-order valence-corrected chi connectivity index (χ1v) is 10.3. The van der Waals surface area contributed by atoms with E-state index in [1.165, 1.54) is 11.1 Å². The normalized spacial score (nSPS) is 11.0. The summed E-state index contributed by atoms with van der Waals surface area (Å²) in [5.74, 6) is -0.0793. The number of pyridine rings is 1. The first kappa shape index (κ1) is 19.4. The average Bonchev–Trinajstić information content (AvgIpc) is 3.03. The predicted octanol–water partition coefficient (Wildman–Crippen LogP) is 5.87. The second kappa shape index (κ2) is 7.84. The topological polar surface area (TPSA) is 46.4 Å². The summed E-state index contributed by atoms with van der Waals surface area (Å²) in [6.07, 6.45) is 2.22. The molecular formula is C24H22BrN3O. The van der Waals surface area contributed by atoms with Gasteiger partial charge in [0.05, 0.1) is 23.5 Å². The highest BCUT2D eigenvalue weighted by Gasteiger charge is 2.18. The van der Waals surface area contributed by atoms with Crippen LogP contribution in [-0.4, -0.2) is 15.3 Å². The zero-order chi connectivity index (χ0) is 20.5. The standard InChI is InChI=1S/C24H22BrN3O/c1-15-10-11-28-21(14-23(29)26-20-7-5-4-6-19(20)25)24(27-22(28)12-15)18-9-8-16(2)17(3)13-18/h4-13H,14H2,1-3H3,(H,26,29). The van der Waals surface area contributed by atoms with Gasteiger partial charge < -0.3 is 9.72 Å². The van der Waals surface area contributed by atoms with Gasteiger partial charge in [0.15, 0.2) is 0 Å². The van der Waals surface area contributed by atoms with Gasteiger partial charge in [-0.25, -0.2) is 4.98 Å². The van der Waals surface area contributed by atoms with E-state index in [2.05, 4.69) is 53.3 Å². The van der Waals surface area contributed by atoms with Crippen molar-refractivity contribution >= 4 is 33.2 Å². The smallest absolute Gasteiger partial charge is 0.230 e. The van der Waals surface area contributed by atoms with Crippen LogP contribution < -0.4 is 5.32 Å². The molecule has 0 fully saturated rings. The lowest BCUT2D eigenvalue weighted by Crippen LogP contribution is -2.16. The Morgan fingerprint density at radius 2 is 1.83 bits per heavy atom. The third-order valence-electron chi connectivity index (χ3n) is 5.14. The number of amides is 1. The minimum atomic E-state index is -0.0793. The molecule has 0 spiro atoms. The van der Waals surface area contributed by atoms with E-state index in [1.807, 2.05) is 53.9 Å². The third kappa shape index (κ3) is 3.96. The fourth-order valence-electron chi connectivity index (χ4n) is 3.40. The van der Waals surface area contributed by atoms with E-state index in [9.17, 15) is 4.79 Å². The van der Waals surface area contributed by atoms with Crippen LogP contribution in [0.25, 0.3) is 16.9 Å². The van der Waals surface area contributed by atoms with Gasteiger partial charge in [0.2, 0.25) is 5.91 Å². The SMILES string of the molecule is Cc1ccn2c(CC(=O)Nc3ccccc3Br)c(-c3ccc(C)c(C)c3)nc2c1. The van der Waals surface area contributed by atoms with Crippen LogP contribution in [0.3, 0.4) is 0 Å². The molecule has 4 aromatic rings. The highest BCUT2D eigenvalue weighted by atomic mass is 79.9. The minimum Gasteiger partial charge on any atom is -0.325 e. The predicted molar refractivity (Wildman–Crippen MR) is 121 cm³/mol. The second-order valence-electron chi connectivity index (χ2n) is 7.34. The Bertz CT molecular complexity index is 1230. The van der Waals surface area contributed by atoms with Crippen molar-refractivity contribution in [2.75, 3.05) is 5.32 Å². The number of halogens is 1. The van der Waals surface area contributed by atoms with Crippen LogP contribution in [0.5, 0.6) is 0 Å². The molecule has 1 amide bonds. The first-order chi connectivity index (χ1) is 13.9. The lowest BCUT2D eigenvalue weighted by atomic mass is 10.0. The van der Waals surface area contributed by atoms with Crippen molar-refractivity contribution in [2.45, 2.75) is 27.2 Å². The number of fused-ring (bicyclic) bond motifs is 1. The van der Waals surface area contributed by atoms with Crippen LogP contribution in [-0.2, 0) is 11.2 Å².